The summed E-state index contributed by atoms with van der Waals surface area (Å²) in [5.41, 5.74) is 5.72. The van der Waals surface area contributed by atoms with E-state index in [1.54, 1.807) is 0 Å². The fourth-order valence-corrected chi connectivity index (χ4v) is 2.11. The van der Waals surface area contributed by atoms with Gasteiger partial charge in [0.15, 0.2) is 17.0 Å². The van der Waals surface area contributed by atoms with Crippen molar-refractivity contribution < 1.29 is 9.47 Å². The Labute approximate surface area is 115 Å². The second kappa shape index (κ2) is 5.59. The Morgan fingerprint density at radius 1 is 1.20 bits per heavy atom. The zero-order valence-electron chi connectivity index (χ0n) is 11.8. The standard InChI is InChI=1S/C12H19N5O3/c1-4-19-12(3,20-5-2)6-7-14-8-9(15-7)16-11(13)17-10(8)18/h4-6H2,1-3H3,(H4,13,14,15,16,17,18). The van der Waals surface area contributed by atoms with Crippen LogP contribution < -0.4 is 11.3 Å². The molecule has 0 amide bonds. The number of imidazole rings is 1. The molecule has 0 spiro atoms. The summed E-state index contributed by atoms with van der Waals surface area (Å²) in [6.07, 6.45) is 0.379. The van der Waals surface area contributed by atoms with Crippen molar-refractivity contribution in [1.29, 1.82) is 0 Å². The molecule has 8 nitrogen and oxygen atoms in total. The number of nitrogens with zero attached hydrogens (tertiary/aromatic N) is 2. The highest BCUT2D eigenvalue weighted by Gasteiger charge is 2.27. The zero-order valence-corrected chi connectivity index (χ0v) is 11.8. The lowest BCUT2D eigenvalue weighted by Crippen LogP contribution is -2.35. The molecular formula is C12H19N5O3. The van der Waals surface area contributed by atoms with E-state index >= 15 is 0 Å². The minimum atomic E-state index is -0.796. The molecule has 2 heterocycles. The molecular weight excluding hydrogens is 262 g/mol. The van der Waals surface area contributed by atoms with Gasteiger partial charge in [0.2, 0.25) is 5.95 Å². The van der Waals surface area contributed by atoms with Crippen molar-refractivity contribution in [3.8, 4) is 0 Å². The predicted octanol–water partition coefficient (Wildman–Crippen LogP) is 0.560. The third-order valence-corrected chi connectivity index (χ3v) is 2.82. The minimum absolute atomic E-state index is 0.0397. The van der Waals surface area contributed by atoms with Crippen LogP contribution in [-0.2, 0) is 15.9 Å². The number of nitrogens with two attached hydrogens (primary N) is 1. The Balaban J connectivity index is 2.33. The SMILES string of the molecule is CCOC(C)(Cc1nc2nc(N)[nH]c(=O)c2[nH]1)OCC. The molecule has 0 aromatic carbocycles. The number of ether oxygens (including phenoxy) is 2. The maximum Gasteiger partial charge on any atom is 0.278 e. The van der Waals surface area contributed by atoms with Crippen LogP contribution in [-0.4, -0.2) is 38.9 Å². The van der Waals surface area contributed by atoms with Gasteiger partial charge in [0.1, 0.15) is 5.82 Å². The summed E-state index contributed by atoms with van der Waals surface area (Å²) in [5, 5.41) is 0. The Morgan fingerprint density at radius 2 is 1.85 bits per heavy atom. The first-order chi connectivity index (χ1) is 9.47. The molecule has 8 heteroatoms. The molecule has 0 fully saturated rings. The van der Waals surface area contributed by atoms with E-state index in [1.807, 2.05) is 20.8 Å². The summed E-state index contributed by atoms with van der Waals surface area (Å²) in [6.45, 7) is 6.65. The highest BCUT2D eigenvalue weighted by atomic mass is 16.7. The number of H-pyrrole nitrogens is 2. The van der Waals surface area contributed by atoms with Crippen LogP contribution >= 0.6 is 0 Å². The molecule has 0 atom stereocenters. The van der Waals surface area contributed by atoms with Gasteiger partial charge in [0, 0.05) is 13.2 Å². The molecule has 0 unspecified atom stereocenters. The smallest absolute Gasteiger partial charge is 0.278 e. The van der Waals surface area contributed by atoms with Crippen molar-refractivity contribution in [3.05, 3.63) is 16.2 Å². The van der Waals surface area contributed by atoms with Gasteiger partial charge in [-0.1, -0.05) is 0 Å². The maximum atomic E-state index is 11.7. The highest BCUT2D eigenvalue weighted by molar-refractivity contribution is 5.70. The van der Waals surface area contributed by atoms with Gasteiger partial charge < -0.3 is 20.2 Å². The number of nitrogen functional groups attached to an aromatic ring is 1. The number of rotatable bonds is 6. The fraction of sp³-hybridized carbons (Fsp3) is 0.583. The van der Waals surface area contributed by atoms with E-state index in [2.05, 4.69) is 19.9 Å². The van der Waals surface area contributed by atoms with Gasteiger partial charge in [-0.3, -0.25) is 9.78 Å². The van der Waals surface area contributed by atoms with Crippen molar-refractivity contribution in [3.63, 3.8) is 0 Å². The van der Waals surface area contributed by atoms with Crippen LogP contribution in [0.25, 0.3) is 11.2 Å². The molecule has 2 aromatic heterocycles. The van der Waals surface area contributed by atoms with E-state index in [1.165, 1.54) is 0 Å². The molecule has 0 aliphatic rings. The molecule has 20 heavy (non-hydrogen) atoms. The van der Waals surface area contributed by atoms with Gasteiger partial charge >= 0.3 is 0 Å². The van der Waals surface area contributed by atoms with Crippen LogP contribution in [0.4, 0.5) is 5.95 Å². The summed E-state index contributed by atoms with van der Waals surface area (Å²) >= 11 is 0. The quantitative estimate of drug-likeness (QED) is 0.666. The third-order valence-electron chi connectivity index (χ3n) is 2.82. The predicted molar refractivity (Wildman–Crippen MR) is 74.3 cm³/mol. The van der Waals surface area contributed by atoms with Crippen LogP contribution in [0.2, 0.25) is 0 Å². The van der Waals surface area contributed by atoms with E-state index in [-0.39, 0.29) is 17.2 Å². The van der Waals surface area contributed by atoms with Crippen LogP contribution in [0.3, 0.4) is 0 Å². The Kier molecular flexibility index (Phi) is 4.05. The lowest BCUT2D eigenvalue weighted by Gasteiger charge is -2.28. The van der Waals surface area contributed by atoms with Crippen LogP contribution in [0.5, 0.6) is 0 Å². The second-order valence-electron chi connectivity index (χ2n) is 4.51. The number of nitrogens with one attached hydrogen (secondary N) is 2. The van der Waals surface area contributed by atoms with Gasteiger partial charge in [-0.2, -0.15) is 4.98 Å². The second-order valence-corrected chi connectivity index (χ2v) is 4.51. The molecule has 4 N–H and O–H groups in total. The molecule has 0 saturated heterocycles. The molecule has 0 bridgehead atoms. The van der Waals surface area contributed by atoms with E-state index < -0.39 is 5.79 Å². The fourth-order valence-electron chi connectivity index (χ4n) is 2.11. The van der Waals surface area contributed by atoms with Crippen molar-refractivity contribution >= 4 is 17.1 Å². The molecule has 0 saturated carbocycles. The van der Waals surface area contributed by atoms with Crippen molar-refractivity contribution in [2.75, 3.05) is 18.9 Å². The van der Waals surface area contributed by atoms with Crippen LogP contribution in [0, 0.1) is 0 Å². The lowest BCUT2D eigenvalue weighted by molar-refractivity contribution is -0.220. The van der Waals surface area contributed by atoms with E-state index in [4.69, 9.17) is 15.2 Å². The first-order valence-corrected chi connectivity index (χ1v) is 6.49. The first-order valence-electron chi connectivity index (χ1n) is 6.49. The average molecular weight is 281 g/mol. The summed E-state index contributed by atoms with van der Waals surface area (Å²) in [7, 11) is 0. The monoisotopic (exact) mass is 281 g/mol. The molecule has 2 aromatic rings. The summed E-state index contributed by atoms with van der Waals surface area (Å²) < 4.78 is 11.2. The van der Waals surface area contributed by atoms with Crippen LogP contribution in [0.15, 0.2) is 4.79 Å². The number of anilines is 1. The Morgan fingerprint density at radius 3 is 2.45 bits per heavy atom. The van der Waals surface area contributed by atoms with Crippen molar-refractivity contribution in [2.24, 2.45) is 0 Å². The third kappa shape index (κ3) is 2.97. The Bertz CT molecular complexity index is 642. The maximum absolute atomic E-state index is 11.7. The largest absolute Gasteiger partial charge is 0.369 e. The van der Waals surface area contributed by atoms with Gasteiger partial charge in [0.25, 0.3) is 5.56 Å². The topological polar surface area (TPSA) is 119 Å². The van der Waals surface area contributed by atoms with Gasteiger partial charge in [-0.15, -0.1) is 0 Å². The number of aromatic amines is 2. The van der Waals surface area contributed by atoms with Crippen molar-refractivity contribution in [1.82, 2.24) is 19.9 Å². The Hall–Kier alpha value is -1.93. The highest BCUT2D eigenvalue weighted by Crippen LogP contribution is 2.19. The molecule has 2 rings (SSSR count). The van der Waals surface area contributed by atoms with Crippen LogP contribution in [0.1, 0.15) is 26.6 Å². The number of fused-ring (bicyclic) bond motifs is 1. The number of hydrogen-bond acceptors (Lipinski definition) is 6. The summed E-state index contributed by atoms with van der Waals surface area (Å²) in [5.74, 6) is -0.193. The van der Waals surface area contributed by atoms with Gasteiger partial charge in [-0.25, -0.2) is 4.98 Å². The number of aromatic nitrogens is 4. The normalized spacial score (nSPS) is 12.2. The molecule has 0 aliphatic heterocycles. The number of hydrogen-bond donors (Lipinski definition) is 3. The van der Waals surface area contributed by atoms with E-state index in [9.17, 15) is 4.79 Å². The summed E-state index contributed by atoms with van der Waals surface area (Å²) in [4.78, 5) is 25.3. The van der Waals surface area contributed by atoms with Crippen molar-refractivity contribution in [2.45, 2.75) is 33.0 Å². The summed E-state index contributed by atoms with van der Waals surface area (Å²) in [6, 6.07) is 0. The van der Waals surface area contributed by atoms with E-state index in [0.717, 1.165) is 0 Å². The van der Waals surface area contributed by atoms with Gasteiger partial charge in [0.05, 0.1) is 6.42 Å². The minimum Gasteiger partial charge on any atom is -0.369 e. The molecule has 110 valence electrons. The first kappa shape index (κ1) is 14.5. The lowest BCUT2D eigenvalue weighted by atomic mass is 10.2. The zero-order chi connectivity index (χ0) is 14.8. The van der Waals surface area contributed by atoms with E-state index in [0.29, 0.717) is 31.0 Å². The average Bonchev–Trinajstić information content (AvgIpc) is 2.71. The van der Waals surface area contributed by atoms with Gasteiger partial charge in [-0.05, 0) is 20.8 Å². The molecule has 0 radical (unpaired) electrons. The molecule has 0 aliphatic carbocycles.